The molecule has 6 N–H and O–H groups in total. The Balaban J connectivity index is 1.76. The Labute approximate surface area is 233 Å². The Morgan fingerprint density at radius 1 is 1.22 bits per heavy atom. The van der Waals surface area contributed by atoms with Crippen molar-refractivity contribution in [2.45, 2.75) is 65.1 Å². The number of hydrogen-bond acceptors (Lipinski definition) is 11. The third kappa shape index (κ3) is 9.50. The first-order valence-corrected chi connectivity index (χ1v) is 14.1. The predicted molar refractivity (Wildman–Crippen MR) is 141 cm³/mol. The van der Waals surface area contributed by atoms with E-state index < -0.39 is 68.0 Å². The number of carbonyl (C=O) groups is 3. The monoisotopic (exact) mass is 603 g/mol. The summed E-state index contributed by atoms with van der Waals surface area (Å²) in [6.07, 6.45) is -3.50. The number of nitrogens with one attached hydrogen (secondary N) is 4. The molecule has 2 aromatic heterocycles. The van der Waals surface area contributed by atoms with Gasteiger partial charge < -0.3 is 34.6 Å². The zero-order valence-corrected chi connectivity index (χ0v) is 24.0. The number of amides is 3. The fourth-order valence-corrected chi connectivity index (χ4v) is 3.97. The van der Waals surface area contributed by atoms with Crippen LogP contribution in [-0.2, 0) is 28.1 Å². The Hall–Kier alpha value is -3.57. The highest BCUT2D eigenvalue weighted by atomic mass is 31.2. The molecule has 1 aliphatic rings. The fourth-order valence-electron chi connectivity index (χ4n) is 3.61. The van der Waals surface area contributed by atoms with Crippen LogP contribution in [0, 0.1) is 5.92 Å². The van der Waals surface area contributed by atoms with Crippen molar-refractivity contribution in [3.05, 3.63) is 16.7 Å². The number of aromatic amines is 1. The second kappa shape index (κ2) is 12.9. The highest BCUT2D eigenvalue weighted by Crippen LogP contribution is 2.39. The minimum absolute atomic E-state index is 0.00901. The molecule has 0 aromatic carbocycles. The number of phosphoric ester groups is 1. The van der Waals surface area contributed by atoms with E-state index in [0.717, 1.165) is 0 Å². The zero-order chi connectivity index (χ0) is 30.5. The van der Waals surface area contributed by atoms with Crippen LogP contribution in [0.25, 0.3) is 11.2 Å². The van der Waals surface area contributed by atoms with Crippen LogP contribution in [0.2, 0.25) is 0 Å². The molecule has 0 saturated carbocycles. The van der Waals surface area contributed by atoms with Crippen molar-refractivity contribution >= 4 is 43.0 Å². The smallest absolute Gasteiger partial charge is 0.444 e. The van der Waals surface area contributed by atoms with Crippen LogP contribution < -0.4 is 21.5 Å². The van der Waals surface area contributed by atoms with Gasteiger partial charge >= 0.3 is 20.0 Å². The number of H-pyrrole nitrogens is 1. The lowest BCUT2D eigenvalue weighted by Gasteiger charge is -2.21. The molecule has 19 heteroatoms. The molecule has 1 aliphatic heterocycles. The quantitative estimate of drug-likeness (QED) is 0.162. The lowest BCUT2D eigenvalue weighted by Crippen LogP contribution is -2.39. The number of fused-ring (bicyclic) bond motifs is 1. The van der Waals surface area contributed by atoms with Gasteiger partial charge in [0.2, 0.25) is 11.9 Å². The van der Waals surface area contributed by atoms with Gasteiger partial charge in [-0.25, -0.2) is 19.1 Å². The lowest BCUT2D eigenvalue weighted by atomic mass is 10.2. The average Bonchev–Trinajstić information content (AvgIpc) is 3.43. The Kier molecular flexibility index (Phi) is 10.1. The SMILES string of the molecule is CC(C)C(=O)Nc1nc2c(ncn2[C@@H]2O[C@H](COP(=O)(O)O)C[C@H]2OC(=O)NCCNC(=O)OC(C)(C)C)c(=O)[nH]1. The molecule has 2 aromatic rings. The summed E-state index contributed by atoms with van der Waals surface area (Å²) in [5.74, 6) is -0.941. The number of nitrogens with zero attached hydrogens (tertiary/aromatic N) is 3. The molecule has 1 fully saturated rings. The standard InChI is InChI=1S/C22H34N7O11P/c1-11(2)16(30)27-19-26-15-14(17(31)28-19)25-10-29(15)18-13(8-12(38-18)9-37-41(34,35)36)39-20(32)23-6-7-24-21(33)40-22(3,4)5/h10-13,18H,6-9H2,1-5H3,(H,23,32)(H,24,33)(H2,34,35,36)(H2,26,27,28,30,31)/t12-,13+,18+/m0/s1. The largest absolute Gasteiger partial charge is 0.469 e. The highest BCUT2D eigenvalue weighted by molar-refractivity contribution is 7.46. The molecule has 0 unspecified atom stereocenters. The second-order valence-electron chi connectivity index (χ2n) is 10.4. The maximum Gasteiger partial charge on any atom is 0.469 e. The molecular weight excluding hydrogens is 569 g/mol. The van der Waals surface area contributed by atoms with Crippen LogP contribution in [0.1, 0.15) is 47.3 Å². The van der Waals surface area contributed by atoms with E-state index in [0.29, 0.717) is 0 Å². The van der Waals surface area contributed by atoms with Gasteiger partial charge in [-0.1, -0.05) is 13.8 Å². The van der Waals surface area contributed by atoms with E-state index in [2.05, 4.69) is 35.4 Å². The molecule has 18 nitrogen and oxygen atoms in total. The van der Waals surface area contributed by atoms with E-state index >= 15 is 0 Å². The van der Waals surface area contributed by atoms with Crippen molar-refractivity contribution in [3.8, 4) is 0 Å². The van der Waals surface area contributed by atoms with Crippen LogP contribution in [-0.4, -0.2) is 84.9 Å². The first-order chi connectivity index (χ1) is 19.0. The van der Waals surface area contributed by atoms with Gasteiger partial charge in [-0.15, -0.1) is 0 Å². The fraction of sp³-hybridized carbons (Fsp3) is 0.636. The number of alkyl carbamates (subject to hydrolysis) is 2. The molecule has 3 heterocycles. The maximum atomic E-state index is 12.6. The third-order valence-electron chi connectivity index (χ3n) is 5.37. The van der Waals surface area contributed by atoms with Gasteiger partial charge in [-0.2, -0.15) is 4.98 Å². The summed E-state index contributed by atoms with van der Waals surface area (Å²) in [7, 11) is -4.82. The summed E-state index contributed by atoms with van der Waals surface area (Å²) in [5.41, 5.74) is -1.45. The summed E-state index contributed by atoms with van der Waals surface area (Å²) < 4.78 is 33.5. The van der Waals surface area contributed by atoms with Crippen molar-refractivity contribution in [2.24, 2.45) is 5.92 Å². The van der Waals surface area contributed by atoms with Gasteiger partial charge in [0.05, 0.1) is 19.0 Å². The van der Waals surface area contributed by atoms with Gasteiger partial charge in [0.1, 0.15) is 5.60 Å². The summed E-state index contributed by atoms with van der Waals surface area (Å²) in [6, 6.07) is 0. The van der Waals surface area contributed by atoms with Gasteiger partial charge in [0.25, 0.3) is 5.56 Å². The third-order valence-corrected chi connectivity index (χ3v) is 5.85. The molecule has 0 bridgehead atoms. The lowest BCUT2D eigenvalue weighted by molar-refractivity contribution is -0.118. The molecule has 0 aliphatic carbocycles. The van der Waals surface area contributed by atoms with E-state index in [4.69, 9.17) is 24.0 Å². The molecule has 41 heavy (non-hydrogen) atoms. The van der Waals surface area contributed by atoms with Gasteiger partial charge in [0, 0.05) is 25.4 Å². The molecule has 1 saturated heterocycles. The van der Waals surface area contributed by atoms with Crippen LogP contribution in [0.15, 0.2) is 11.1 Å². The van der Waals surface area contributed by atoms with Gasteiger partial charge in [-0.05, 0) is 20.8 Å². The van der Waals surface area contributed by atoms with Crippen LogP contribution in [0.3, 0.4) is 0 Å². The van der Waals surface area contributed by atoms with Crippen LogP contribution in [0.5, 0.6) is 0 Å². The second-order valence-corrected chi connectivity index (χ2v) is 11.6. The first kappa shape index (κ1) is 32.0. The van der Waals surface area contributed by atoms with Crippen molar-refractivity contribution < 1.29 is 47.5 Å². The number of anilines is 1. The molecule has 3 rings (SSSR count). The molecule has 0 radical (unpaired) electrons. The summed E-state index contributed by atoms with van der Waals surface area (Å²) >= 11 is 0. The number of phosphoric acid groups is 1. The van der Waals surface area contributed by atoms with E-state index in [1.54, 1.807) is 34.6 Å². The molecular formula is C22H34N7O11P. The summed E-state index contributed by atoms with van der Waals surface area (Å²) in [4.78, 5) is 77.9. The zero-order valence-electron chi connectivity index (χ0n) is 23.1. The van der Waals surface area contributed by atoms with E-state index in [1.807, 2.05) is 0 Å². The Morgan fingerprint density at radius 2 is 1.88 bits per heavy atom. The predicted octanol–water partition coefficient (Wildman–Crippen LogP) is 0.730. The van der Waals surface area contributed by atoms with Crippen LogP contribution >= 0.6 is 7.82 Å². The number of hydrogen-bond donors (Lipinski definition) is 6. The van der Waals surface area contributed by atoms with Gasteiger partial charge in [0.15, 0.2) is 23.5 Å². The van der Waals surface area contributed by atoms with E-state index in [1.165, 1.54) is 10.9 Å². The highest BCUT2D eigenvalue weighted by Gasteiger charge is 2.41. The number of rotatable bonds is 10. The summed E-state index contributed by atoms with van der Waals surface area (Å²) in [6.45, 7) is 7.93. The Morgan fingerprint density at radius 3 is 2.49 bits per heavy atom. The van der Waals surface area contributed by atoms with Gasteiger partial charge in [-0.3, -0.25) is 29.0 Å². The first-order valence-electron chi connectivity index (χ1n) is 12.6. The molecule has 3 atom stereocenters. The topological polar surface area (TPSA) is 245 Å². The van der Waals surface area contributed by atoms with Crippen LogP contribution in [0.4, 0.5) is 15.5 Å². The van der Waals surface area contributed by atoms with E-state index in [-0.39, 0.29) is 36.6 Å². The minimum atomic E-state index is -4.82. The molecule has 0 spiro atoms. The van der Waals surface area contributed by atoms with Crippen molar-refractivity contribution in [1.82, 2.24) is 30.2 Å². The van der Waals surface area contributed by atoms with E-state index in [9.17, 15) is 23.7 Å². The number of imidazole rings is 1. The van der Waals surface area contributed by atoms with Crippen molar-refractivity contribution in [3.63, 3.8) is 0 Å². The van der Waals surface area contributed by atoms with Crippen molar-refractivity contribution in [2.75, 3.05) is 25.0 Å². The van der Waals surface area contributed by atoms with Crippen molar-refractivity contribution in [1.29, 1.82) is 0 Å². The summed E-state index contributed by atoms with van der Waals surface area (Å²) in [5, 5.41) is 7.44. The average molecular weight is 604 g/mol. The molecule has 3 amide bonds. The maximum absolute atomic E-state index is 12.6. The minimum Gasteiger partial charge on any atom is -0.444 e. The molecule has 228 valence electrons. The number of aromatic nitrogens is 4. The Bertz CT molecular complexity index is 1360. The number of ether oxygens (including phenoxy) is 3. The number of carbonyl (C=O) groups excluding carboxylic acids is 3. The normalized spacial score (nSPS) is 19.3.